The van der Waals surface area contributed by atoms with E-state index in [2.05, 4.69) is 9.67 Å². The average Bonchev–Trinajstić information content (AvgIpc) is 2.70. The fraction of sp³-hybridized carbons (Fsp3) is 0.867. The first-order valence-corrected chi connectivity index (χ1v) is 7.75. The molecular formula is C15H24N4. The fourth-order valence-corrected chi connectivity index (χ4v) is 5.40. The van der Waals surface area contributed by atoms with Crippen LogP contribution in [-0.2, 0) is 5.54 Å². The number of aromatic nitrogens is 3. The maximum Gasteiger partial charge on any atom is 0.147 e. The van der Waals surface area contributed by atoms with Crippen molar-refractivity contribution >= 4 is 0 Å². The van der Waals surface area contributed by atoms with Crippen molar-refractivity contribution in [3.63, 3.8) is 0 Å². The van der Waals surface area contributed by atoms with E-state index in [-0.39, 0.29) is 11.6 Å². The van der Waals surface area contributed by atoms with Crippen molar-refractivity contribution in [2.45, 2.75) is 64.0 Å². The standard InChI is InChI=1S/C15H24N4/c1-9(16)14-17-10(2)18-19(14)15-6-11-3-12(7-15)5-13(4-11)8-15/h9,11-13H,3-8,16H2,1-2H3. The van der Waals surface area contributed by atoms with Gasteiger partial charge in [0.2, 0.25) is 0 Å². The lowest BCUT2D eigenvalue weighted by atomic mass is 9.53. The summed E-state index contributed by atoms with van der Waals surface area (Å²) in [5.41, 5.74) is 6.37. The molecule has 4 fully saturated rings. The molecule has 1 heterocycles. The van der Waals surface area contributed by atoms with Gasteiger partial charge in [0.15, 0.2) is 0 Å². The van der Waals surface area contributed by atoms with E-state index < -0.39 is 0 Å². The zero-order chi connectivity index (χ0) is 13.2. The highest BCUT2D eigenvalue weighted by Crippen LogP contribution is 2.58. The van der Waals surface area contributed by atoms with Gasteiger partial charge in [-0.05, 0) is 70.1 Å². The van der Waals surface area contributed by atoms with Crippen LogP contribution in [0.15, 0.2) is 0 Å². The van der Waals surface area contributed by atoms with Crippen molar-refractivity contribution < 1.29 is 0 Å². The average molecular weight is 260 g/mol. The summed E-state index contributed by atoms with van der Waals surface area (Å²) in [7, 11) is 0. The molecule has 1 unspecified atom stereocenters. The van der Waals surface area contributed by atoms with Crippen LogP contribution in [0, 0.1) is 24.7 Å². The van der Waals surface area contributed by atoms with Crippen molar-refractivity contribution in [1.82, 2.24) is 14.8 Å². The van der Waals surface area contributed by atoms with Crippen LogP contribution in [0.4, 0.5) is 0 Å². The van der Waals surface area contributed by atoms with Gasteiger partial charge in [0.25, 0.3) is 0 Å². The summed E-state index contributed by atoms with van der Waals surface area (Å²) in [5.74, 6) is 4.66. The van der Waals surface area contributed by atoms with E-state index in [9.17, 15) is 0 Å². The lowest BCUT2D eigenvalue weighted by Gasteiger charge is -2.56. The SMILES string of the molecule is Cc1nc(C(C)N)n(C23CC4CC(CC(C4)C2)C3)n1. The summed E-state index contributed by atoms with van der Waals surface area (Å²) < 4.78 is 2.25. The van der Waals surface area contributed by atoms with Crippen LogP contribution in [0.3, 0.4) is 0 Å². The number of nitrogens with two attached hydrogens (primary N) is 1. The minimum Gasteiger partial charge on any atom is -0.322 e. The number of aryl methyl sites for hydroxylation is 1. The van der Waals surface area contributed by atoms with Crippen molar-refractivity contribution in [3.8, 4) is 0 Å². The molecule has 0 amide bonds. The van der Waals surface area contributed by atoms with Crippen molar-refractivity contribution in [3.05, 3.63) is 11.6 Å². The van der Waals surface area contributed by atoms with E-state index in [4.69, 9.17) is 10.8 Å². The first-order valence-electron chi connectivity index (χ1n) is 7.75. The van der Waals surface area contributed by atoms with E-state index in [0.717, 1.165) is 29.4 Å². The molecule has 0 aromatic carbocycles. The Kier molecular flexibility index (Phi) is 2.39. The highest BCUT2D eigenvalue weighted by Gasteiger charge is 2.53. The monoisotopic (exact) mass is 260 g/mol. The molecule has 4 bridgehead atoms. The largest absolute Gasteiger partial charge is 0.322 e. The zero-order valence-electron chi connectivity index (χ0n) is 12.0. The third-order valence-corrected chi connectivity index (χ3v) is 5.60. The van der Waals surface area contributed by atoms with Crippen LogP contribution in [0.25, 0.3) is 0 Å². The summed E-state index contributed by atoms with van der Waals surface area (Å²) in [6, 6.07) is -0.0193. The number of nitrogens with zero attached hydrogens (tertiary/aromatic N) is 3. The Hall–Kier alpha value is -0.900. The van der Waals surface area contributed by atoms with Crippen molar-refractivity contribution in [2.24, 2.45) is 23.5 Å². The first kappa shape index (κ1) is 11.9. The Morgan fingerprint density at radius 1 is 1.16 bits per heavy atom. The van der Waals surface area contributed by atoms with Gasteiger partial charge in [-0.2, -0.15) is 5.10 Å². The Balaban J connectivity index is 1.79. The topological polar surface area (TPSA) is 56.7 Å². The minimum absolute atomic E-state index is 0.0193. The molecule has 19 heavy (non-hydrogen) atoms. The Bertz CT molecular complexity index is 467. The molecule has 1 aromatic heterocycles. The Morgan fingerprint density at radius 2 is 1.68 bits per heavy atom. The summed E-state index contributed by atoms with van der Waals surface area (Å²) in [6.45, 7) is 4.02. The molecule has 0 radical (unpaired) electrons. The molecule has 4 saturated carbocycles. The molecule has 1 aromatic rings. The van der Waals surface area contributed by atoms with Crippen molar-refractivity contribution in [1.29, 1.82) is 0 Å². The predicted molar refractivity (Wildman–Crippen MR) is 73.5 cm³/mol. The Morgan fingerprint density at radius 3 is 2.16 bits per heavy atom. The Labute approximate surface area is 114 Å². The number of hydrogen-bond acceptors (Lipinski definition) is 3. The molecule has 0 spiro atoms. The second-order valence-electron chi connectivity index (χ2n) is 7.36. The highest BCUT2D eigenvalue weighted by atomic mass is 15.4. The van der Waals surface area contributed by atoms with Crippen LogP contribution in [0.5, 0.6) is 0 Å². The van der Waals surface area contributed by atoms with Gasteiger partial charge in [0.05, 0.1) is 11.6 Å². The first-order chi connectivity index (χ1) is 9.06. The van der Waals surface area contributed by atoms with Crippen LogP contribution in [0.2, 0.25) is 0 Å². The summed E-state index contributed by atoms with van der Waals surface area (Å²) in [4.78, 5) is 4.59. The molecular weight excluding hydrogens is 236 g/mol. The van der Waals surface area contributed by atoms with E-state index in [1.165, 1.54) is 38.5 Å². The van der Waals surface area contributed by atoms with E-state index in [0.29, 0.717) is 0 Å². The van der Waals surface area contributed by atoms with Crippen LogP contribution >= 0.6 is 0 Å². The molecule has 0 aliphatic heterocycles. The van der Waals surface area contributed by atoms with Crippen molar-refractivity contribution in [2.75, 3.05) is 0 Å². The van der Waals surface area contributed by atoms with Gasteiger partial charge >= 0.3 is 0 Å². The quantitative estimate of drug-likeness (QED) is 0.889. The van der Waals surface area contributed by atoms with Gasteiger partial charge in [0.1, 0.15) is 11.6 Å². The predicted octanol–water partition coefficient (Wildman–Crippen LogP) is 2.53. The molecule has 104 valence electrons. The van der Waals surface area contributed by atoms with E-state index >= 15 is 0 Å². The molecule has 4 heteroatoms. The second kappa shape index (κ2) is 3.81. The van der Waals surface area contributed by atoms with Gasteiger partial charge in [-0.25, -0.2) is 9.67 Å². The van der Waals surface area contributed by atoms with Gasteiger partial charge in [-0.15, -0.1) is 0 Å². The number of hydrogen-bond donors (Lipinski definition) is 1. The minimum atomic E-state index is -0.0193. The molecule has 0 saturated heterocycles. The van der Waals surface area contributed by atoms with Gasteiger partial charge < -0.3 is 5.73 Å². The molecule has 1 atom stereocenters. The maximum absolute atomic E-state index is 6.12. The fourth-order valence-electron chi connectivity index (χ4n) is 5.40. The molecule has 5 rings (SSSR count). The second-order valence-corrected chi connectivity index (χ2v) is 7.36. The van der Waals surface area contributed by atoms with Gasteiger partial charge in [0, 0.05) is 0 Å². The third kappa shape index (κ3) is 1.69. The molecule has 2 N–H and O–H groups in total. The zero-order valence-corrected chi connectivity index (χ0v) is 12.0. The molecule has 4 aliphatic carbocycles. The van der Waals surface area contributed by atoms with E-state index in [1.54, 1.807) is 0 Å². The van der Waals surface area contributed by atoms with Gasteiger partial charge in [-0.1, -0.05) is 0 Å². The van der Waals surface area contributed by atoms with Crippen LogP contribution < -0.4 is 5.73 Å². The molecule has 4 nitrogen and oxygen atoms in total. The summed E-state index contributed by atoms with van der Waals surface area (Å²) in [5, 5.41) is 4.75. The smallest absolute Gasteiger partial charge is 0.147 e. The maximum atomic E-state index is 6.12. The molecule has 4 aliphatic rings. The summed E-state index contributed by atoms with van der Waals surface area (Å²) >= 11 is 0. The highest BCUT2D eigenvalue weighted by molar-refractivity contribution is 5.09. The third-order valence-electron chi connectivity index (χ3n) is 5.60. The number of rotatable bonds is 2. The normalized spacial score (nSPS) is 41.7. The van der Waals surface area contributed by atoms with Crippen LogP contribution in [-0.4, -0.2) is 14.8 Å². The lowest BCUT2D eigenvalue weighted by Crippen LogP contribution is -2.53. The van der Waals surface area contributed by atoms with Crippen LogP contribution in [0.1, 0.15) is 63.1 Å². The van der Waals surface area contributed by atoms with Gasteiger partial charge in [-0.3, -0.25) is 0 Å². The van der Waals surface area contributed by atoms with E-state index in [1.807, 2.05) is 13.8 Å². The summed E-state index contributed by atoms with van der Waals surface area (Å²) in [6.07, 6.45) is 8.30. The lowest BCUT2D eigenvalue weighted by molar-refractivity contribution is -0.0515.